The van der Waals surface area contributed by atoms with Crippen LogP contribution in [0.2, 0.25) is 5.02 Å². The Morgan fingerprint density at radius 2 is 2.14 bits per heavy atom. The average Bonchev–Trinajstić information content (AvgIpc) is 2.52. The fraction of sp³-hybridized carbons (Fsp3) is 0.188. The van der Waals surface area contributed by atoms with Gasteiger partial charge in [-0.25, -0.2) is 4.39 Å². The molecule has 3 nitrogen and oxygen atoms in total. The lowest BCUT2D eigenvalue weighted by Gasteiger charge is -2.29. The Morgan fingerprint density at radius 1 is 1.32 bits per heavy atom. The van der Waals surface area contributed by atoms with E-state index in [1.165, 1.54) is 28.8 Å². The minimum absolute atomic E-state index is 0.0762. The highest BCUT2D eigenvalue weighted by Gasteiger charge is 2.26. The van der Waals surface area contributed by atoms with E-state index in [2.05, 4.69) is 0 Å². The first kappa shape index (κ1) is 15.3. The first-order valence-electron chi connectivity index (χ1n) is 6.70. The Hall–Kier alpha value is -1.56. The number of aliphatic hydroxyl groups is 1. The number of rotatable bonds is 3. The largest absolute Gasteiger partial charge is 0.392 e. The van der Waals surface area contributed by atoms with Gasteiger partial charge in [-0.2, -0.15) is 0 Å². The number of carbonyl (C=O) groups excluding carboxylic acids is 1. The Labute approximate surface area is 136 Å². The molecule has 0 bridgehead atoms. The molecule has 2 aromatic carbocycles. The van der Waals surface area contributed by atoms with Gasteiger partial charge in [-0.3, -0.25) is 4.79 Å². The van der Waals surface area contributed by atoms with Crippen molar-refractivity contribution in [2.75, 3.05) is 10.7 Å². The summed E-state index contributed by atoms with van der Waals surface area (Å²) in [7, 11) is 0. The van der Waals surface area contributed by atoms with Gasteiger partial charge in [-0.05, 0) is 29.8 Å². The van der Waals surface area contributed by atoms with Crippen molar-refractivity contribution in [1.82, 2.24) is 0 Å². The van der Waals surface area contributed by atoms with Crippen LogP contribution in [-0.2, 0) is 17.9 Å². The summed E-state index contributed by atoms with van der Waals surface area (Å²) in [5, 5.41) is 9.58. The highest BCUT2D eigenvalue weighted by Crippen LogP contribution is 2.37. The number of anilines is 1. The third kappa shape index (κ3) is 2.84. The number of thioether (sulfide) groups is 1. The summed E-state index contributed by atoms with van der Waals surface area (Å²) >= 11 is 7.50. The Bertz CT molecular complexity index is 718. The van der Waals surface area contributed by atoms with E-state index < -0.39 is 5.82 Å². The summed E-state index contributed by atoms with van der Waals surface area (Å²) < 4.78 is 14.0. The topological polar surface area (TPSA) is 40.5 Å². The molecule has 1 heterocycles. The lowest BCUT2D eigenvalue weighted by atomic mass is 10.1. The first-order chi connectivity index (χ1) is 10.6. The molecule has 0 aliphatic carbocycles. The van der Waals surface area contributed by atoms with E-state index in [0.717, 1.165) is 4.90 Å². The number of fused-ring (bicyclic) bond motifs is 1. The molecule has 6 heteroatoms. The number of aliphatic hydroxyl groups excluding tert-OH is 1. The Kier molecular flexibility index (Phi) is 4.38. The molecule has 0 spiro atoms. The number of carbonyl (C=O) groups is 1. The van der Waals surface area contributed by atoms with Crippen LogP contribution in [0.4, 0.5) is 10.1 Å². The zero-order valence-corrected chi connectivity index (χ0v) is 13.1. The Balaban J connectivity index is 2.02. The second kappa shape index (κ2) is 6.28. The quantitative estimate of drug-likeness (QED) is 0.930. The molecule has 1 N–H and O–H groups in total. The number of benzene rings is 2. The maximum atomic E-state index is 14.0. The normalized spacial score (nSPS) is 14.1. The van der Waals surface area contributed by atoms with E-state index in [1.807, 2.05) is 12.1 Å². The van der Waals surface area contributed by atoms with Gasteiger partial charge >= 0.3 is 0 Å². The predicted octanol–water partition coefficient (Wildman–Crippen LogP) is 3.61. The van der Waals surface area contributed by atoms with Gasteiger partial charge in [0, 0.05) is 15.5 Å². The fourth-order valence-electron chi connectivity index (χ4n) is 2.36. The number of amides is 1. The molecule has 0 aromatic heterocycles. The van der Waals surface area contributed by atoms with E-state index in [-0.39, 0.29) is 19.1 Å². The van der Waals surface area contributed by atoms with Gasteiger partial charge in [0.15, 0.2) is 0 Å². The van der Waals surface area contributed by atoms with Crippen LogP contribution in [0.1, 0.15) is 11.1 Å². The molecule has 1 aliphatic heterocycles. The molecule has 22 heavy (non-hydrogen) atoms. The number of halogens is 2. The van der Waals surface area contributed by atoms with Crippen molar-refractivity contribution in [2.24, 2.45) is 0 Å². The molecule has 1 aliphatic rings. The van der Waals surface area contributed by atoms with E-state index in [1.54, 1.807) is 12.1 Å². The van der Waals surface area contributed by atoms with Gasteiger partial charge in [0.2, 0.25) is 5.91 Å². The van der Waals surface area contributed by atoms with Crippen molar-refractivity contribution < 1.29 is 14.3 Å². The van der Waals surface area contributed by atoms with Gasteiger partial charge in [-0.1, -0.05) is 23.7 Å². The minimum atomic E-state index is -0.432. The molecule has 0 saturated carbocycles. The van der Waals surface area contributed by atoms with Crippen molar-refractivity contribution in [3.05, 3.63) is 58.4 Å². The second-order valence-corrected chi connectivity index (χ2v) is 6.35. The van der Waals surface area contributed by atoms with Gasteiger partial charge in [-0.15, -0.1) is 11.8 Å². The summed E-state index contributed by atoms with van der Waals surface area (Å²) in [4.78, 5) is 14.7. The van der Waals surface area contributed by atoms with Gasteiger partial charge in [0.05, 0.1) is 24.6 Å². The van der Waals surface area contributed by atoms with Crippen LogP contribution in [0.15, 0.2) is 41.3 Å². The summed E-state index contributed by atoms with van der Waals surface area (Å²) in [6, 6.07) is 9.91. The van der Waals surface area contributed by atoms with Crippen LogP contribution >= 0.6 is 23.4 Å². The third-order valence-corrected chi connectivity index (χ3v) is 4.93. The Morgan fingerprint density at radius 3 is 2.86 bits per heavy atom. The highest BCUT2D eigenvalue weighted by molar-refractivity contribution is 8.00. The summed E-state index contributed by atoms with van der Waals surface area (Å²) in [5.74, 6) is -0.234. The summed E-state index contributed by atoms with van der Waals surface area (Å²) in [5.41, 5.74) is 1.69. The molecule has 0 atom stereocenters. The average molecular weight is 338 g/mol. The van der Waals surface area contributed by atoms with Crippen molar-refractivity contribution in [3.8, 4) is 0 Å². The maximum absolute atomic E-state index is 14.0. The SMILES string of the molecule is O=C1CSc2ccc(CO)cc2N1Cc1c(F)cccc1Cl. The molecule has 0 unspecified atom stereocenters. The van der Waals surface area contributed by atoms with Crippen LogP contribution < -0.4 is 4.90 Å². The van der Waals surface area contributed by atoms with Gasteiger partial charge in [0.25, 0.3) is 0 Å². The number of nitrogens with zero attached hydrogens (tertiary/aromatic N) is 1. The molecular weight excluding hydrogens is 325 g/mol. The highest BCUT2D eigenvalue weighted by atomic mass is 35.5. The molecule has 114 valence electrons. The smallest absolute Gasteiger partial charge is 0.237 e. The van der Waals surface area contributed by atoms with E-state index in [9.17, 15) is 14.3 Å². The van der Waals surface area contributed by atoms with Crippen molar-refractivity contribution >= 4 is 35.0 Å². The molecule has 1 amide bonds. The molecule has 0 radical (unpaired) electrons. The predicted molar refractivity (Wildman–Crippen MR) is 85.7 cm³/mol. The summed E-state index contributed by atoms with van der Waals surface area (Å²) in [6.07, 6.45) is 0. The number of hydrogen-bond donors (Lipinski definition) is 1. The first-order valence-corrected chi connectivity index (χ1v) is 8.06. The van der Waals surface area contributed by atoms with Crippen LogP contribution in [0.5, 0.6) is 0 Å². The van der Waals surface area contributed by atoms with E-state index in [0.29, 0.717) is 27.6 Å². The van der Waals surface area contributed by atoms with Gasteiger partial charge in [0.1, 0.15) is 5.82 Å². The van der Waals surface area contributed by atoms with Crippen molar-refractivity contribution in [1.29, 1.82) is 0 Å². The monoisotopic (exact) mass is 337 g/mol. The zero-order chi connectivity index (χ0) is 15.7. The molecule has 2 aromatic rings. The molecule has 0 saturated heterocycles. The van der Waals surface area contributed by atoms with Crippen molar-refractivity contribution in [3.63, 3.8) is 0 Å². The van der Waals surface area contributed by atoms with E-state index >= 15 is 0 Å². The lowest BCUT2D eigenvalue weighted by molar-refractivity contribution is -0.116. The van der Waals surface area contributed by atoms with Crippen LogP contribution in [0, 0.1) is 5.82 Å². The molecular formula is C16H13ClFNO2S. The van der Waals surface area contributed by atoms with Crippen LogP contribution in [-0.4, -0.2) is 16.8 Å². The van der Waals surface area contributed by atoms with Crippen molar-refractivity contribution in [2.45, 2.75) is 18.0 Å². The van der Waals surface area contributed by atoms with Gasteiger partial charge < -0.3 is 10.0 Å². The van der Waals surface area contributed by atoms with E-state index in [4.69, 9.17) is 11.6 Å². The van der Waals surface area contributed by atoms with Crippen LogP contribution in [0.25, 0.3) is 0 Å². The third-order valence-electron chi connectivity index (χ3n) is 3.53. The second-order valence-electron chi connectivity index (χ2n) is 4.93. The molecule has 3 rings (SSSR count). The van der Waals surface area contributed by atoms with Crippen LogP contribution in [0.3, 0.4) is 0 Å². The fourth-order valence-corrected chi connectivity index (χ4v) is 3.50. The zero-order valence-electron chi connectivity index (χ0n) is 11.6. The number of hydrogen-bond acceptors (Lipinski definition) is 3. The lowest BCUT2D eigenvalue weighted by Crippen LogP contribution is -2.35. The summed E-state index contributed by atoms with van der Waals surface area (Å²) in [6.45, 7) is -0.0345. The maximum Gasteiger partial charge on any atom is 0.237 e. The standard InChI is InChI=1S/C16H13ClFNO2S/c17-12-2-1-3-13(18)11(12)7-19-14-6-10(8-20)4-5-15(14)22-9-16(19)21/h1-6,20H,7-9H2. The molecule has 0 fully saturated rings. The minimum Gasteiger partial charge on any atom is -0.392 e.